The standard InChI is InChI=1S/C14H12ClN3O3/c1-16-13(20)9-7-8(5-6-10(9)15)17-14(21)11-3-2-4-12(19)18-11/h2-7H,1H3,(H,16,20)(H,17,21)(H,18,19). The Balaban J connectivity index is 2.26. The van der Waals surface area contributed by atoms with Crippen molar-refractivity contribution in [2.75, 3.05) is 12.4 Å². The number of aromatic nitrogens is 1. The van der Waals surface area contributed by atoms with Crippen molar-refractivity contribution in [1.82, 2.24) is 10.3 Å². The lowest BCUT2D eigenvalue weighted by atomic mass is 10.2. The summed E-state index contributed by atoms with van der Waals surface area (Å²) in [5.41, 5.74) is 0.398. The lowest BCUT2D eigenvalue weighted by Gasteiger charge is -2.08. The predicted octanol–water partition coefficient (Wildman–Crippen LogP) is 1.64. The van der Waals surface area contributed by atoms with Crippen LogP contribution in [0.25, 0.3) is 0 Å². The quantitative estimate of drug-likeness (QED) is 0.805. The van der Waals surface area contributed by atoms with Gasteiger partial charge >= 0.3 is 0 Å². The lowest BCUT2D eigenvalue weighted by Crippen LogP contribution is -2.20. The van der Waals surface area contributed by atoms with E-state index in [4.69, 9.17) is 11.6 Å². The molecular weight excluding hydrogens is 294 g/mol. The Hall–Kier alpha value is -2.60. The largest absolute Gasteiger partial charge is 0.355 e. The molecule has 21 heavy (non-hydrogen) atoms. The van der Waals surface area contributed by atoms with Crippen LogP contribution in [0.1, 0.15) is 20.8 Å². The highest BCUT2D eigenvalue weighted by molar-refractivity contribution is 6.34. The zero-order chi connectivity index (χ0) is 15.4. The smallest absolute Gasteiger partial charge is 0.272 e. The van der Waals surface area contributed by atoms with Crippen LogP contribution >= 0.6 is 11.6 Å². The van der Waals surface area contributed by atoms with Crippen molar-refractivity contribution >= 4 is 29.1 Å². The van der Waals surface area contributed by atoms with Crippen LogP contribution in [0.15, 0.2) is 41.2 Å². The maximum Gasteiger partial charge on any atom is 0.272 e. The molecule has 108 valence electrons. The molecule has 1 aromatic heterocycles. The number of carbonyl (C=O) groups excluding carboxylic acids is 2. The molecule has 0 bridgehead atoms. The molecular formula is C14H12ClN3O3. The van der Waals surface area contributed by atoms with Crippen LogP contribution < -0.4 is 16.2 Å². The minimum atomic E-state index is -0.488. The second-order valence-electron chi connectivity index (χ2n) is 4.16. The van der Waals surface area contributed by atoms with Gasteiger partial charge in [0.25, 0.3) is 11.8 Å². The van der Waals surface area contributed by atoms with E-state index in [9.17, 15) is 14.4 Å². The number of rotatable bonds is 3. The number of amides is 2. The highest BCUT2D eigenvalue weighted by Crippen LogP contribution is 2.20. The summed E-state index contributed by atoms with van der Waals surface area (Å²) in [5, 5.41) is 5.32. The number of aromatic amines is 1. The van der Waals surface area contributed by atoms with Crippen LogP contribution in [0, 0.1) is 0 Å². The minimum absolute atomic E-state index is 0.124. The normalized spacial score (nSPS) is 10.0. The average molecular weight is 306 g/mol. The Morgan fingerprint density at radius 2 is 1.90 bits per heavy atom. The van der Waals surface area contributed by atoms with Gasteiger partial charge in [0.05, 0.1) is 10.6 Å². The van der Waals surface area contributed by atoms with Crippen LogP contribution in [-0.4, -0.2) is 23.8 Å². The van der Waals surface area contributed by atoms with Crippen molar-refractivity contribution in [3.63, 3.8) is 0 Å². The van der Waals surface area contributed by atoms with E-state index in [1.807, 2.05) is 0 Å². The number of nitrogens with one attached hydrogen (secondary N) is 3. The first-order chi connectivity index (χ1) is 10.0. The summed E-state index contributed by atoms with van der Waals surface area (Å²) in [7, 11) is 1.48. The monoisotopic (exact) mass is 305 g/mol. The zero-order valence-electron chi connectivity index (χ0n) is 11.1. The molecule has 0 saturated heterocycles. The fourth-order valence-electron chi connectivity index (χ4n) is 1.69. The molecule has 6 nitrogen and oxygen atoms in total. The van der Waals surface area contributed by atoms with Crippen LogP contribution in [0.3, 0.4) is 0 Å². The SMILES string of the molecule is CNC(=O)c1cc(NC(=O)c2cccc(=O)[nH]2)ccc1Cl. The van der Waals surface area contributed by atoms with Gasteiger partial charge in [0.1, 0.15) is 5.69 Å². The Morgan fingerprint density at radius 1 is 1.14 bits per heavy atom. The lowest BCUT2D eigenvalue weighted by molar-refractivity contribution is 0.0961. The fraction of sp³-hybridized carbons (Fsp3) is 0.0714. The van der Waals surface area contributed by atoms with Gasteiger partial charge < -0.3 is 15.6 Å². The van der Waals surface area contributed by atoms with Crippen molar-refractivity contribution in [3.05, 3.63) is 63.0 Å². The predicted molar refractivity (Wildman–Crippen MR) is 79.9 cm³/mol. The second-order valence-corrected chi connectivity index (χ2v) is 4.56. The number of pyridine rings is 1. The molecule has 0 unspecified atom stereocenters. The second kappa shape index (κ2) is 6.23. The minimum Gasteiger partial charge on any atom is -0.355 e. The first-order valence-corrected chi connectivity index (χ1v) is 6.41. The van der Waals surface area contributed by atoms with Crippen molar-refractivity contribution < 1.29 is 9.59 Å². The number of carbonyl (C=O) groups is 2. The number of halogens is 1. The van der Waals surface area contributed by atoms with Crippen molar-refractivity contribution in [3.8, 4) is 0 Å². The van der Waals surface area contributed by atoms with E-state index < -0.39 is 5.91 Å². The number of anilines is 1. The summed E-state index contributed by atoms with van der Waals surface area (Å²) < 4.78 is 0. The first-order valence-electron chi connectivity index (χ1n) is 6.03. The van der Waals surface area contributed by atoms with E-state index in [1.54, 1.807) is 6.07 Å². The highest BCUT2D eigenvalue weighted by atomic mass is 35.5. The molecule has 0 fully saturated rings. The molecule has 0 aliphatic rings. The van der Waals surface area contributed by atoms with Crippen molar-refractivity contribution in [2.24, 2.45) is 0 Å². The Labute approximate surface area is 125 Å². The topological polar surface area (TPSA) is 91.1 Å². The van der Waals surface area contributed by atoms with E-state index in [-0.39, 0.29) is 27.7 Å². The molecule has 2 rings (SSSR count). The van der Waals surface area contributed by atoms with E-state index in [1.165, 1.54) is 37.4 Å². The molecule has 7 heteroatoms. The summed E-state index contributed by atoms with van der Waals surface area (Å²) in [6.07, 6.45) is 0. The van der Waals surface area contributed by atoms with E-state index in [0.717, 1.165) is 0 Å². The first kappa shape index (κ1) is 14.8. The van der Waals surface area contributed by atoms with E-state index in [2.05, 4.69) is 15.6 Å². The third kappa shape index (κ3) is 3.49. The molecule has 0 radical (unpaired) electrons. The van der Waals surface area contributed by atoms with E-state index in [0.29, 0.717) is 5.69 Å². The molecule has 0 aliphatic heterocycles. The molecule has 2 aromatic rings. The van der Waals surface area contributed by atoms with Crippen molar-refractivity contribution in [1.29, 1.82) is 0 Å². The van der Waals surface area contributed by atoms with Gasteiger partial charge in [-0.1, -0.05) is 17.7 Å². The van der Waals surface area contributed by atoms with Gasteiger partial charge in [-0.3, -0.25) is 14.4 Å². The molecule has 1 heterocycles. The number of hydrogen-bond donors (Lipinski definition) is 3. The molecule has 0 aliphatic carbocycles. The molecule has 0 spiro atoms. The van der Waals surface area contributed by atoms with Crippen LogP contribution in [0.2, 0.25) is 5.02 Å². The van der Waals surface area contributed by atoms with Gasteiger partial charge in [-0.15, -0.1) is 0 Å². The zero-order valence-corrected chi connectivity index (χ0v) is 11.8. The molecule has 3 N–H and O–H groups in total. The van der Waals surface area contributed by atoms with E-state index >= 15 is 0 Å². The van der Waals surface area contributed by atoms with Crippen LogP contribution in [0.4, 0.5) is 5.69 Å². The number of hydrogen-bond acceptors (Lipinski definition) is 3. The summed E-state index contributed by atoms with van der Waals surface area (Å²) in [6, 6.07) is 8.80. The summed E-state index contributed by atoms with van der Waals surface area (Å²) >= 11 is 5.92. The molecule has 0 atom stereocenters. The Morgan fingerprint density at radius 3 is 2.57 bits per heavy atom. The van der Waals surface area contributed by atoms with Gasteiger partial charge in [0.2, 0.25) is 5.56 Å². The van der Waals surface area contributed by atoms with Gasteiger partial charge in [-0.2, -0.15) is 0 Å². The molecule has 1 aromatic carbocycles. The van der Waals surface area contributed by atoms with Gasteiger partial charge in [-0.05, 0) is 24.3 Å². The van der Waals surface area contributed by atoms with Crippen molar-refractivity contribution in [2.45, 2.75) is 0 Å². The van der Waals surface area contributed by atoms with Gasteiger partial charge in [-0.25, -0.2) is 0 Å². The summed E-state index contributed by atoms with van der Waals surface area (Å²) in [6.45, 7) is 0. The summed E-state index contributed by atoms with van der Waals surface area (Å²) in [5.74, 6) is -0.845. The summed E-state index contributed by atoms with van der Waals surface area (Å²) in [4.78, 5) is 37.2. The van der Waals surface area contributed by atoms with Crippen LogP contribution in [0.5, 0.6) is 0 Å². The Kier molecular flexibility index (Phi) is 4.39. The third-order valence-corrected chi connectivity index (χ3v) is 3.04. The number of benzene rings is 1. The number of H-pyrrole nitrogens is 1. The third-order valence-electron chi connectivity index (χ3n) is 2.71. The highest BCUT2D eigenvalue weighted by Gasteiger charge is 2.12. The van der Waals surface area contributed by atoms with Gasteiger partial charge in [0.15, 0.2) is 0 Å². The Bertz CT molecular complexity index is 755. The van der Waals surface area contributed by atoms with Gasteiger partial charge in [0, 0.05) is 18.8 Å². The average Bonchev–Trinajstić information content (AvgIpc) is 2.48. The maximum atomic E-state index is 12.0. The van der Waals surface area contributed by atoms with Crippen LogP contribution in [-0.2, 0) is 0 Å². The fourth-order valence-corrected chi connectivity index (χ4v) is 1.89. The maximum absolute atomic E-state index is 12.0. The molecule has 2 amide bonds. The molecule has 0 saturated carbocycles.